The molecular formula is C29H27ClN2O6. The molecule has 1 N–H and O–H groups in total. The molecule has 0 aliphatic carbocycles. The first-order valence-corrected chi connectivity index (χ1v) is 13.0. The maximum absolute atomic E-state index is 14.0. The Hall–Kier alpha value is -3.59. The van der Waals surface area contributed by atoms with Crippen LogP contribution in [0.1, 0.15) is 39.0 Å². The zero-order valence-corrected chi connectivity index (χ0v) is 21.4. The Bertz CT molecular complexity index is 1390. The lowest BCUT2D eigenvalue weighted by Gasteiger charge is -2.41. The van der Waals surface area contributed by atoms with Gasteiger partial charge in [-0.3, -0.25) is 19.4 Å². The van der Waals surface area contributed by atoms with E-state index in [1.165, 1.54) is 0 Å². The van der Waals surface area contributed by atoms with Crippen LogP contribution < -0.4 is 14.4 Å². The molecule has 0 spiro atoms. The molecule has 196 valence electrons. The highest BCUT2D eigenvalue weighted by atomic mass is 35.5. The summed E-state index contributed by atoms with van der Waals surface area (Å²) in [4.78, 5) is 30.6. The van der Waals surface area contributed by atoms with E-state index in [9.17, 15) is 14.7 Å². The van der Waals surface area contributed by atoms with Crippen LogP contribution in [-0.4, -0.2) is 61.4 Å². The van der Waals surface area contributed by atoms with Crippen LogP contribution >= 0.6 is 11.6 Å². The Morgan fingerprint density at radius 2 is 1.71 bits per heavy atom. The van der Waals surface area contributed by atoms with E-state index in [2.05, 4.69) is 4.90 Å². The minimum Gasteiger partial charge on any atom is -0.486 e. The Labute approximate surface area is 225 Å². The van der Waals surface area contributed by atoms with Gasteiger partial charge < -0.3 is 19.3 Å². The number of carbonyl (C=O) groups excluding carboxylic acids is 1. The number of carboxylic acid groups (broad SMARTS) is 1. The molecule has 2 atom stereocenters. The van der Waals surface area contributed by atoms with E-state index in [1.807, 2.05) is 12.1 Å². The van der Waals surface area contributed by atoms with Crippen molar-refractivity contribution >= 4 is 29.2 Å². The molecule has 3 aliphatic heterocycles. The Morgan fingerprint density at radius 1 is 0.947 bits per heavy atom. The fourth-order valence-electron chi connectivity index (χ4n) is 5.48. The summed E-state index contributed by atoms with van der Waals surface area (Å²) in [5, 5.41) is 11.0. The number of halogens is 1. The zero-order chi connectivity index (χ0) is 26.2. The summed E-state index contributed by atoms with van der Waals surface area (Å²) < 4.78 is 16.9. The molecular weight excluding hydrogens is 508 g/mol. The first-order chi connectivity index (χ1) is 18.5. The van der Waals surface area contributed by atoms with Gasteiger partial charge in [-0.25, -0.2) is 0 Å². The largest absolute Gasteiger partial charge is 0.486 e. The predicted octanol–water partition coefficient (Wildman–Crippen LogP) is 4.51. The van der Waals surface area contributed by atoms with Crippen LogP contribution in [-0.2, 0) is 16.1 Å². The van der Waals surface area contributed by atoms with E-state index in [-0.39, 0.29) is 5.91 Å². The lowest BCUT2D eigenvalue weighted by molar-refractivity contribution is -0.139. The average molecular weight is 535 g/mol. The van der Waals surface area contributed by atoms with Crippen LogP contribution in [0.4, 0.5) is 5.69 Å². The number of benzene rings is 3. The highest BCUT2D eigenvalue weighted by Crippen LogP contribution is 2.47. The second-order valence-corrected chi connectivity index (χ2v) is 10.00. The topological polar surface area (TPSA) is 88.5 Å². The quantitative estimate of drug-likeness (QED) is 0.515. The van der Waals surface area contributed by atoms with Gasteiger partial charge in [0.25, 0.3) is 5.91 Å². The SMILES string of the molecule is O=C(O)[C@H]1c2ccccc2C(=O)N(c2ccc(CN3CCOCC3)c(Cl)c2)[C@@H]1c1ccc2c(c1)OCCO2. The lowest BCUT2D eigenvalue weighted by Crippen LogP contribution is -2.45. The van der Waals surface area contributed by atoms with Crippen LogP contribution in [0.3, 0.4) is 0 Å². The fraction of sp³-hybridized carbons (Fsp3) is 0.310. The zero-order valence-electron chi connectivity index (χ0n) is 20.6. The number of ether oxygens (including phenoxy) is 3. The highest BCUT2D eigenvalue weighted by Gasteiger charge is 2.45. The van der Waals surface area contributed by atoms with Crippen LogP contribution in [0.5, 0.6) is 11.5 Å². The first-order valence-electron chi connectivity index (χ1n) is 12.6. The van der Waals surface area contributed by atoms with Gasteiger partial charge >= 0.3 is 5.97 Å². The number of hydrogen-bond acceptors (Lipinski definition) is 6. The van der Waals surface area contributed by atoms with Crippen molar-refractivity contribution in [3.63, 3.8) is 0 Å². The second-order valence-electron chi connectivity index (χ2n) is 9.59. The van der Waals surface area contributed by atoms with Crippen LogP contribution in [0.2, 0.25) is 5.02 Å². The van der Waals surface area contributed by atoms with Crippen molar-refractivity contribution in [1.29, 1.82) is 0 Å². The summed E-state index contributed by atoms with van der Waals surface area (Å²) in [6, 6.07) is 16.9. The molecule has 6 rings (SSSR count). The third-order valence-corrected chi connectivity index (χ3v) is 7.68. The van der Waals surface area contributed by atoms with E-state index in [0.717, 1.165) is 18.7 Å². The first kappa shape index (κ1) is 24.7. The number of rotatable bonds is 5. The number of morpholine rings is 1. The smallest absolute Gasteiger partial charge is 0.313 e. The monoisotopic (exact) mass is 534 g/mol. The molecule has 3 aromatic rings. The summed E-state index contributed by atoms with van der Waals surface area (Å²) >= 11 is 6.75. The summed E-state index contributed by atoms with van der Waals surface area (Å²) in [6.07, 6.45) is 0. The molecule has 1 saturated heterocycles. The summed E-state index contributed by atoms with van der Waals surface area (Å²) in [6.45, 7) is 4.53. The number of fused-ring (bicyclic) bond motifs is 2. The molecule has 0 radical (unpaired) electrons. The minimum absolute atomic E-state index is 0.282. The molecule has 1 amide bonds. The van der Waals surface area contributed by atoms with Gasteiger partial charge in [0.2, 0.25) is 0 Å². The molecule has 38 heavy (non-hydrogen) atoms. The fourth-order valence-corrected chi connectivity index (χ4v) is 5.72. The Kier molecular flexibility index (Phi) is 6.69. The third-order valence-electron chi connectivity index (χ3n) is 7.33. The van der Waals surface area contributed by atoms with Gasteiger partial charge in [0.05, 0.1) is 19.3 Å². The molecule has 9 heteroatoms. The third kappa shape index (κ3) is 4.49. The van der Waals surface area contributed by atoms with E-state index >= 15 is 0 Å². The van der Waals surface area contributed by atoms with Gasteiger partial charge in [-0.2, -0.15) is 0 Å². The van der Waals surface area contributed by atoms with Gasteiger partial charge in [0.1, 0.15) is 19.1 Å². The van der Waals surface area contributed by atoms with Crippen molar-refractivity contribution < 1.29 is 28.9 Å². The standard InChI is InChI=1S/C29H27ClN2O6/c30-23-16-20(7-5-19(23)17-31-9-11-36-12-10-31)32-27(18-6-8-24-25(15-18)38-14-13-37-24)26(29(34)35)21-3-1-2-4-22(21)28(32)33/h1-8,15-16,26-27H,9-14,17H2,(H,34,35)/t26-,27+/m0/s1. The summed E-state index contributed by atoms with van der Waals surface area (Å²) in [5.41, 5.74) is 2.95. The van der Waals surface area contributed by atoms with Crippen molar-refractivity contribution in [2.75, 3.05) is 44.4 Å². The van der Waals surface area contributed by atoms with Crippen LogP contribution in [0.25, 0.3) is 0 Å². The molecule has 0 unspecified atom stereocenters. The van der Waals surface area contributed by atoms with Gasteiger partial charge in [-0.1, -0.05) is 41.9 Å². The lowest BCUT2D eigenvalue weighted by atomic mass is 9.79. The Balaban J connectivity index is 1.45. The van der Waals surface area contributed by atoms with Gasteiger partial charge in [-0.15, -0.1) is 0 Å². The van der Waals surface area contributed by atoms with Crippen molar-refractivity contribution in [2.45, 2.75) is 18.5 Å². The number of hydrogen-bond donors (Lipinski definition) is 1. The number of amides is 1. The number of carboxylic acids is 1. The molecule has 3 aliphatic rings. The van der Waals surface area contributed by atoms with Gasteiger partial charge in [0, 0.05) is 35.9 Å². The number of anilines is 1. The van der Waals surface area contributed by atoms with Gasteiger partial charge in [0.15, 0.2) is 11.5 Å². The number of nitrogens with zero attached hydrogens (tertiary/aromatic N) is 2. The normalized spacial score (nSPS) is 21.2. The number of aliphatic carboxylic acids is 1. The van der Waals surface area contributed by atoms with E-state index < -0.39 is 17.9 Å². The molecule has 3 aromatic carbocycles. The van der Waals surface area contributed by atoms with Crippen molar-refractivity contribution in [1.82, 2.24) is 4.90 Å². The Morgan fingerprint density at radius 3 is 2.47 bits per heavy atom. The van der Waals surface area contributed by atoms with Crippen molar-refractivity contribution in [3.8, 4) is 11.5 Å². The predicted molar refractivity (Wildman–Crippen MR) is 141 cm³/mol. The molecule has 0 saturated carbocycles. The van der Waals surface area contributed by atoms with Gasteiger partial charge in [-0.05, 0) is 47.0 Å². The second kappa shape index (κ2) is 10.3. The van der Waals surface area contributed by atoms with Crippen LogP contribution in [0, 0.1) is 0 Å². The summed E-state index contributed by atoms with van der Waals surface area (Å²) in [7, 11) is 0. The van der Waals surface area contributed by atoms with E-state index in [4.69, 9.17) is 25.8 Å². The number of carbonyl (C=O) groups is 2. The highest BCUT2D eigenvalue weighted by molar-refractivity contribution is 6.31. The molecule has 1 fully saturated rings. The molecule has 0 bridgehead atoms. The maximum Gasteiger partial charge on any atom is 0.313 e. The average Bonchev–Trinajstić information content (AvgIpc) is 2.94. The molecule has 3 heterocycles. The minimum atomic E-state index is -1.02. The molecule has 0 aromatic heterocycles. The van der Waals surface area contributed by atoms with E-state index in [1.54, 1.807) is 53.4 Å². The van der Waals surface area contributed by atoms with Crippen LogP contribution in [0.15, 0.2) is 60.7 Å². The van der Waals surface area contributed by atoms with Crippen molar-refractivity contribution in [2.24, 2.45) is 0 Å². The van der Waals surface area contributed by atoms with Crippen molar-refractivity contribution in [3.05, 3.63) is 87.9 Å². The summed E-state index contributed by atoms with van der Waals surface area (Å²) in [5.74, 6) is -1.18. The molecule has 8 nitrogen and oxygen atoms in total. The maximum atomic E-state index is 14.0. The van der Waals surface area contributed by atoms with E-state index in [0.29, 0.717) is 71.9 Å².